The molecule has 1 N–H and O–H groups in total. The smallest absolute Gasteiger partial charge is 0.0764 e. The van der Waals surface area contributed by atoms with Gasteiger partial charge in [-0.15, -0.1) is 0 Å². The van der Waals surface area contributed by atoms with Gasteiger partial charge in [-0.25, -0.2) is 0 Å². The third-order valence-corrected chi connectivity index (χ3v) is 3.86. The van der Waals surface area contributed by atoms with Gasteiger partial charge in [0.1, 0.15) is 0 Å². The van der Waals surface area contributed by atoms with Crippen molar-refractivity contribution in [2.75, 3.05) is 26.2 Å². The van der Waals surface area contributed by atoms with Crippen LogP contribution in [0, 0.1) is 5.92 Å². The highest BCUT2D eigenvalue weighted by molar-refractivity contribution is 5.00. The molecule has 2 heterocycles. The Hall–Kier alpha value is -0.870. The van der Waals surface area contributed by atoms with Crippen molar-refractivity contribution < 1.29 is 0 Å². The summed E-state index contributed by atoms with van der Waals surface area (Å²) in [6, 6.07) is 2.62. The van der Waals surface area contributed by atoms with E-state index in [1.807, 2.05) is 0 Å². The van der Waals surface area contributed by atoms with E-state index in [0.717, 1.165) is 25.6 Å². The number of hydrogen-bond donors (Lipinski definition) is 1. The summed E-state index contributed by atoms with van der Waals surface area (Å²) in [5.74, 6) is 0.806. The van der Waals surface area contributed by atoms with E-state index in [2.05, 4.69) is 53.0 Å². The summed E-state index contributed by atoms with van der Waals surface area (Å²) in [6.45, 7) is 12.2. The fraction of sp³-hybridized carbons (Fsp3) is 0.800. The van der Waals surface area contributed by atoms with Crippen molar-refractivity contribution in [2.24, 2.45) is 5.92 Å². The second-order valence-electron chi connectivity index (χ2n) is 5.93. The topological polar surface area (TPSA) is 33.1 Å². The lowest BCUT2D eigenvalue weighted by Crippen LogP contribution is -2.39. The largest absolute Gasteiger partial charge is 0.317 e. The van der Waals surface area contributed by atoms with Crippen molar-refractivity contribution in [1.29, 1.82) is 0 Å². The summed E-state index contributed by atoms with van der Waals surface area (Å²) < 4.78 is 2.05. The van der Waals surface area contributed by atoms with E-state index < -0.39 is 0 Å². The third-order valence-electron chi connectivity index (χ3n) is 3.86. The average Bonchev–Trinajstić information content (AvgIpc) is 2.85. The summed E-state index contributed by atoms with van der Waals surface area (Å²) >= 11 is 0. The number of hydrogen-bond acceptors (Lipinski definition) is 3. The first-order valence-corrected chi connectivity index (χ1v) is 7.66. The molecule has 4 nitrogen and oxygen atoms in total. The van der Waals surface area contributed by atoms with Crippen molar-refractivity contribution >= 4 is 0 Å². The molecule has 1 unspecified atom stereocenters. The monoisotopic (exact) mass is 264 g/mol. The van der Waals surface area contributed by atoms with Gasteiger partial charge >= 0.3 is 0 Å². The third kappa shape index (κ3) is 4.32. The zero-order valence-electron chi connectivity index (χ0n) is 12.6. The molecule has 0 aromatic carbocycles. The van der Waals surface area contributed by atoms with Crippen LogP contribution in [0.5, 0.6) is 0 Å². The van der Waals surface area contributed by atoms with Crippen LogP contribution in [0.15, 0.2) is 12.3 Å². The van der Waals surface area contributed by atoms with E-state index in [-0.39, 0.29) is 0 Å². The highest BCUT2D eigenvalue weighted by Gasteiger charge is 2.20. The summed E-state index contributed by atoms with van der Waals surface area (Å²) in [7, 11) is 0. The lowest BCUT2D eigenvalue weighted by Gasteiger charge is -2.32. The molecular formula is C15H28N4. The Bertz CT molecular complexity index is 372. The van der Waals surface area contributed by atoms with Gasteiger partial charge < -0.3 is 5.32 Å². The number of nitrogens with one attached hydrogen (secondary N) is 1. The minimum atomic E-state index is 0.455. The molecule has 4 heteroatoms. The molecule has 1 fully saturated rings. The fourth-order valence-corrected chi connectivity index (χ4v) is 2.79. The normalized spacial score (nSPS) is 21.2. The standard InChI is InChI=1S/C15H28N4/c1-4-16-10-14-6-5-8-18(11-14)12-15-7-9-19(17-15)13(2)3/h7,9,13-14,16H,4-6,8,10-12H2,1-3H3. The molecule has 1 aromatic heterocycles. The van der Waals surface area contributed by atoms with Crippen LogP contribution in [0.4, 0.5) is 0 Å². The Morgan fingerprint density at radius 2 is 2.32 bits per heavy atom. The van der Waals surface area contributed by atoms with E-state index in [1.54, 1.807) is 0 Å². The molecule has 19 heavy (non-hydrogen) atoms. The van der Waals surface area contributed by atoms with Gasteiger partial charge in [-0.1, -0.05) is 6.92 Å². The van der Waals surface area contributed by atoms with Crippen LogP contribution in [0.2, 0.25) is 0 Å². The molecule has 2 rings (SSSR count). The lowest BCUT2D eigenvalue weighted by molar-refractivity contribution is 0.163. The molecule has 1 aliphatic heterocycles. The van der Waals surface area contributed by atoms with E-state index >= 15 is 0 Å². The van der Waals surface area contributed by atoms with Gasteiger partial charge in [0.05, 0.1) is 5.69 Å². The van der Waals surface area contributed by atoms with E-state index in [4.69, 9.17) is 0 Å². The summed E-state index contributed by atoms with van der Waals surface area (Å²) in [6.07, 6.45) is 4.78. The van der Waals surface area contributed by atoms with Crippen molar-refractivity contribution in [1.82, 2.24) is 20.0 Å². The minimum absolute atomic E-state index is 0.455. The maximum Gasteiger partial charge on any atom is 0.0764 e. The van der Waals surface area contributed by atoms with Crippen LogP contribution in [0.3, 0.4) is 0 Å². The second kappa shape index (κ2) is 7.06. The minimum Gasteiger partial charge on any atom is -0.317 e. The predicted octanol–water partition coefficient (Wildman–Crippen LogP) is 2.29. The molecule has 0 aliphatic carbocycles. The summed E-state index contributed by atoms with van der Waals surface area (Å²) in [5, 5.41) is 8.13. The highest BCUT2D eigenvalue weighted by Crippen LogP contribution is 2.17. The van der Waals surface area contributed by atoms with Gasteiger partial charge in [-0.3, -0.25) is 9.58 Å². The molecule has 1 aromatic rings. The van der Waals surface area contributed by atoms with Crippen molar-refractivity contribution in [3.8, 4) is 0 Å². The van der Waals surface area contributed by atoms with Gasteiger partial charge in [0, 0.05) is 25.3 Å². The second-order valence-corrected chi connectivity index (χ2v) is 5.93. The van der Waals surface area contributed by atoms with Crippen molar-refractivity contribution in [3.63, 3.8) is 0 Å². The highest BCUT2D eigenvalue weighted by atomic mass is 15.3. The van der Waals surface area contributed by atoms with Crippen molar-refractivity contribution in [3.05, 3.63) is 18.0 Å². The van der Waals surface area contributed by atoms with Crippen LogP contribution in [-0.4, -0.2) is 40.9 Å². The Balaban J connectivity index is 1.84. The number of aromatic nitrogens is 2. The van der Waals surface area contributed by atoms with Gasteiger partial charge in [0.25, 0.3) is 0 Å². The Kier molecular flexibility index (Phi) is 5.40. The molecule has 108 valence electrons. The van der Waals surface area contributed by atoms with Crippen LogP contribution in [-0.2, 0) is 6.54 Å². The molecular weight excluding hydrogens is 236 g/mol. The van der Waals surface area contributed by atoms with Gasteiger partial charge in [-0.2, -0.15) is 5.10 Å². The maximum atomic E-state index is 4.65. The van der Waals surface area contributed by atoms with Crippen LogP contribution < -0.4 is 5.32 Å². The first kappa shape index (κ1) is 14.5. The first-order chi connectivity index (χ1) is 9.19. The number of likely N-dealkylation sites (tertiary alicyclic amines) is 1. The molecule has 1 saturated heterocycles. The van der Waals surface area contributed by atoms with E-state index in [0.29, 0.717) is 6.04 Å². The van der Waals surface area contributed by atoms with Crippen LogP contribution in [0.25, 0.3) is 0 Å². The Morgan fingerprint density at radius 3 is 3.00 bits per heavy atom. The van der Waals surface area contributed by atoms with Gasteiger partial charge in [0.15, 0.2) is 0 Å². The molecule has 0 bridgehead atoms. The molecule has 0 spiro atoms. The molecule has 0 amide bonds. The SMILES string of the molecule is CCNCC1CCCN(Cc2ccn(C(C)C)n2)C1. The summed E-state index contributed by atoms with van der Waals surface area (Å²) in [4.78, 5) is 2.55. The van der Waals surface area contributed by atoms with Crippen LogP contribution in [0.1, 0.15) is 45.3 Å². The first-order valence-electron chi connectivity index (χ1n) is 7.66. The fourth-order valence-electron chi connectivity index (χ4n) is 2.79. The zero-order valence-corrected chi connectivity index (χ0v) is 12.6. The van der Waals surface area contributed by atoms with Gasteiger partial charge in [0.2, 0.25) is 0 Å². The maximum absolute atomic E-state index is 4.65. The zero-order chi connectivity index (χ0) is 13.7. The lowest BCUT2D eigenvalue weighted by atomic mass is 9.98. The van der Waals surface area contributed by atoms with E-state index in [1.165, 1.54) is 31.6 Å². The molecule has 1 atom stereocenters. The summed E-state index contributed by atoms with van der Waals surface area (Å²) in [5.41, 5.74) is 1.21. The number of piperidine rings is 1. The van der Waals surface area contributed by atoms with Gasteiger partial charge in [-0.05, 0) is 58.3 Å². The average molecular weight is 264 g/mol. The Morgan fingerprint density at radius 1 is 1.47 bits per heavy atom. The quantitative estimate of drug-likeness (QED) is 0.856. The van der Waals surface area contributed by atoms with E-state index in [9.17, 15) is 0 Å². The molecule has 1 aliphatic rings. The van der Waals surface area contributed by atoms with Crippen LogP contribution >= 0.6 is 0 Å². The number of rotatable bonds is 6. The molecule has 0 radical (unpaired) electrons. The number of nitrogens with zero attached hydrogens (tertiary/aromatic N) is 3. The van der Waals surface area contributed by atoms with Crippen molar-refractivity contribution in [2.45, 2.75) is 46.2 Å². The predicted molar refractivity (Wildman–Crippen MR) is 79.2 cm³/mol. The Labute approximate surface area is 117 Å². The molecule has 0 saturated carbocycles.